The van der Waals surface area contributed by atoms with Crippen molar-refractivity contribution in [1.29, 1.82) is 0 Å². The van der Waals surface area contributed by atoms with Crippen molar-refractivity contribution in [2.24, 2.45) is 0 Å². The Morgan fingerprint density at radius 3 is 2.43 bits per heavy atom. The van der Waals surface area contributed by atoms with E-state index in [1.165, 1.54) is 7.05 Å². The van der Waals surface area contributed by atoms with Crippen LogP contribution in [0.3, 0.4) is 0 Å². The minimum atomic E-state index is -1.69. The molecule has 0 fully saturated rings. The van der Waals surface area contributed by atoms with E-state index in [-0.39, 0.29) is 11.6 Å². The Labute approximate surface area is 116 Å². The molecule has 0 bridgehead atoms. The van der Waals surface area contributed by atoms with E-state index in [2.05, 4.69) is 20.6 Å². The van der Waals surface area contributed by atoms with E-state index in [0.29, 0.717) is 6.07 Å². The summed E-state index contributed by atoms with van der Waals surface area (Å²) in [5.74, 6) is -5.03. The molecule has 2 aromatic rings. The average Bonchev–Trinajstić information content (AvgIpc) is 2.47. The van der Waals surface area contributed by atoms with Crippen molar-refractivity contribution >= 4 is 23.0 Å². The van der Waals surface area contributed by atoms with E-state index in [0.717, 1.165) is 12.4 Å². The number of nitrogens with one attached hydrogen (secondary N) is 2. The van der Waals surface area contributed by atoms with Crippen molar-refractivity contribution in [1.82, 2.24) is 9.97 Å². The predicted molar refractivity (Wildman–Crippen MR) is 67.8 cm³/mol. The summed E-state index contributed by atoms with van der Waals surface area (Å²) in [6.45, 7) is 0. The van der Waals surface area contributed by atoms with Gasteiger partial charge in [0.1, 0.15) is 6.33 Å². The molecule has 0 aliphatic heterocycles. The maximum absolute atomic E-state index is 13.6. The lowest BCUT2D eigenvalue weighted by atomic mass is 10.2. The van der Waals surface area contributed by atoms with Crippen LogP contribution in [-0.2, 0) is 0 Å². The van der Waals surface area contributed by atoms with E-state index >= 15 is 0 Å². The first kappa shape index (κ1) is 14.5. The summed E-state index contributed by atoms with van der Waals surface area (Å²) in [4.78, 5) is 17.5. The Morgan fingerprint density at radius 1 is 1.14 bits per heavy atom. The van der Waals surface area contributed by atoms with Gasteiger partial charge in [-0.3, -0.25) is 10.1 Å². The number of aromatic nitrogens is 2. The Kier molecular flexibility index (Phi) is 3.87. The van der Waals surface area contributed by atoms with E-state index in [4.69, 9.17) is 0 Å². The second-order valence-electron chi connectivity index (χ2n) is 3.77. The molecule has 1 aromatic heterocycles. The number of anilines is 3. The molecule has 2 rings (SSSR count). The van der Waals surface area contributed by atoms with Gasteiger partial charge in [0.2, 0.25) is 11.6 Å². The lowest BCUT2D eigenvalue weighted by molar-refractivity contribution is -0.383. The SMILES string of the molecule is CNc1ncnc(Nc2ccc(F)c(F)c2F)c1[N+](=O)[O-]. The highest BCUT2D eigenvalue weighted by molar-refractivity contribution is 5.73. The summed E-state index contributed by atoms with van der Waals surface area (Å²) in [5.41, 5.74) is -1.04. The highest BCUT2D eigenvalue weighted by Gasteiger charge is 2.24. The minimum absolute atomic E-state index is 0.111. The summed E-state index contributed by atoms with van der Waals surface area (Å²) in [6, 6.07) is 1.59. The third-order valence-electron chi connectivity index (χ3n) is 2.53. The number of rotatable bonds is 4. The standard InChI is InChI=1S/C11H8F3N5O2/c1-15-10-9(19(20)21)11(17-4-16-10)18-6-3-2-5(12)7(13)8(6)14/h2-4H,1H3,(H2,15,16,17,18). The smallest absolute Gasteiger partial charge is 0.353 e. The summed E-state index contributed by atoms with van der Waals surface area (Å²) in [7, 11) is 1.40. The zero-order valence-electron chi connectivity index (χ0n) is 10.5. The van der Waals surface area contributed by atoms with Crippen molar-refractivity contribution in [3.8, 4) is 0 Å². The van der Waals surface area contributed by atoms with Crippen molar-refractivity contribution in [2.75, 3.05) is 17.7 Å². The maximum atomic E-state index is 13.6. The molecule has 7 nitrogen and oxygen atoms in total. The second kappa shape index (κ2) is 5.61. The molecular formula is C11H8F3N5O2. The van der Waals surface area contributed by atoms with Crippen molar-refractivity contribution in [3.05, 3.63) is 46.0 Å². The molecule has 1 heterocycles. The van der Waals surface area contributed by atoms with Gasteiger partial charge in [-0.1, -0.05) is 0 Å². The van der Waals surface area contributed by atoms with Crippen molar-refractivity contribution in [2.45, 2.75) is 0 Å². The van der Waals surface area contributed by atoms with Crippen LogP contribution in [0.5, 0.6) is 0 Å². The van der Waals surface area contributed by atoms with Gasteiger partial charge < -0.3 is 10.6 Å². The minimum Gasteiger partial charge on any atom is -0.367 e. The molecular weight excluding hydrogens is 291 g/mol. The first-order chi connectivity index (χ1) is 9.95. The van der Waals surface area contributed by atoms with Gasteiger partial charge in [-0.2, -0.15) is 0 Å². The third kappa shape index (κ3) is 2.68. The monoisotopic (exact) mass is 299 g/mol. The fourth-order valence-corrected chi connectivity index (χ4v) is 1.58. The fourth-order valence-electron chi connectivity index (χ4n) is 1.58. The first-order valence-corrected chi connectivity index (χ1v) is 5.53. The topological polar surface area (TPSA) is 93.0 Å². The normalized spacial score (nSPS) is 10.3. The Hall–Kier alpha value is -2.91. The lowest BCUT2D eigenvalue weighted by Gasteiger charge is -2.09. The molecule has 21 heavy (non-hydrogen) atoms. The van der Waals surface area contributed by atoms with Crippen LogP contribution in [0, 0.1) is 27.6 Å². The predicted octanol–water partition coefficient (Wildman–Crippen LogP) is 2.59. The number of halogens is 3. The zero-order chi connectivity index (χ0) is 15.6. The highest BCUT2D eigenvalue weighted by atomic mass is 19.2. The van der Waals surface area contributed by atoms with Gasteiger partial charge in [-0.25, -0.2) is 23.1 Å². The number of benzene rings is 1. The van der Waals surface area contributed by atoms with Gasteiger partial charge in [0, 0.05) is 7.05 Å². The first-order valence-electron chi connectivity index (χ1n) is 5.53. The number of nitro groups is 1. The molecule has 0 unspecified atom stereocenters. The van der Waals surface area contributed by atoms with Gasteiger partial charge in [0.25, 0.3) is 0 Å². The van der Waals surface area contributed by atoms with E-state index in [1.807, 2.05) is 0 Å². The van der Waals surface area contributed by atoms with Gasteiger partial charge >= 0.3 is 5.69 Å². The molecule has 0 aliphatic rings. The maximum Gasteiger partial charge on any atom is 0.353 e. The van der Waals surface area contributed by atoms with Crippen LogP contribution in [0.1, 0.15) is 0 Å². The van der Waals surface area contributed by atoms with Gasteiger partial charge in [0.15, 0.2) is 17.5 Å². The molecule has 0 saturated carbocycles. The molecule has 0 aliphatic carbocycles. The lowest BCUT2D eigenvalue weighted by Crippen LogP contribution is -2.06. The second-order valence-corrected chi connectivity index (χ2v) is 3.77. The highest BCUT2D eigenvalue weighted by Crippen LogP contribution is 2.32. The van der Waals surface area contributed by atoms with Crippen molar-refractivity contribution in [3.63, 3.8) is 0 Å². The fraction of sp³-hybridized carbons (Fsp3) is 0.0909. The molecule has 0 spiro atoms. The third-order valence-corrected chi connectivity index (χ3v) is 2.53. The zero-order valence-corrected chi connectivity index (χ0v) is 10.5. The van der Waals surface area contributed by atoms with Crippen LogP contribution in [0.2, 0.25) is 0 Å². The van der Waals surface area contributed by atoms with Gasteiger partial charge in [0.05, 0.1) is 10.6 Å². The molecule has 0 saturated heterocycles. The summed E-state index contributed by atoms with van der Waals surface area (Å²) in [5, 5.41) is 15.7. The van der Waals surface area contributed by atoms with Gasteiger partial charge in [-0.05, 0) is 12.1 Å². The van der Waals surface area contributed by atoms with Gasteiger partial charge in [-0.15, -0.1) is 0 Å². The van der Waals surface area contributed by atoms with E-state index in [1.54, 1.807) is 0 Å². The van der Waals surface area contributed by atoms with Crippen LogP contribution in [0.15, 0.2) is 18.5 Å². The Morgan fingerprint density at radius 2 is 1.81 bits per heavy atom. The quantitative estimate of drug-likeness (QED) is 0.512. The molecule has 0 atom stereocenters. The summed E-state index contributed by atoms with van der Waals surface area (Å²) >= 11 is 0. The summed E-state index contributed by atoms with van der Waals surface area (Å²) in [6.07, 6.45) is 0.999. The van der Waals surface area contributed by atoms with Crippen LogP contribution in [0.25, 0.3) is 0 Å². The Bertz CT molecular complexity index is 710. The molecule has 2 N–H and O–H groups in total. The van der Waals surface area contributed by atoms with E-state index < -0.39 is 33.7 Å². The number of hydrogen-bond acceptors (Lipinski definition) is 6. The molecule has 0 radical (unpaired) electrons. The van der Waals surface area contributed by atoms with E-state index in [9.17, 15) is 23.3 Å². The molecule has 110 valence electrons. The van der Waals surface area contributed by atoms with Crippen LogP contribution in [0.4, 0.5) is 36.2 Å². The number of hydrogen-bond donors (Lipinski definition) is 2. The molecule has 1 aromatic carbocycles. The largest absolute Gasteiger partial charge is 0.367 e. The van der Waals surface area contributed by atoms with Crippen LogP contribution >= 0.6 is 0 Å². The summed E-state index contributed by atoms with van der Waals surface area (Å²) < 4.78 is 39.5. The average molecular weight is 299 g/mol. The molecule has 0 amide bonds. The number of nitrogens with zero attached hydrogens (tertiary/aromatic N) is 3. The van der Waals surface area contributed by atoms with Crippen LogP contribution in [-0.4, -0.2) is 21.9 Å². The molecule has 10 heteroatoms. The van der Waals surface area contributed by atoms with Crippen LogP contribution < -0.4 is 10.6 Å². The Balaban J connectivity index is 2.50. The van der Waals surface area contributed by atoms with Crippen molar-refractivity contribution < 1.29 is 18.1 Å².